The highest BCUT2D eigenvalue weighted by molar-refractivity contribution is 5.86. The molecule has 5 nitrogen and oxygen atoms in total. The highest BCUT2D eigenvalue weighted by Gasteiger charge is 2.58. The van der Waals surface area contributed by atoms with Gasteiger partial charge in [0.05, 0.1) is 11.2 Å². The molecule has 0 radical (unpaired) electrons. The summed E-state index contributed by atoms with van der Waals surface area (Å²) in [5.74, 6) is 3.11. The van der Waals surface area contributed by atoms with Gasteiger partial charge in [0.25, 0.3) is 0 Å². The lowest BCUT2D eigenvalue weighted by Gasteiger charge is -2.56. The van der Waals surface area contributed by atoms with Crippen LogP contribution in [0.1, 0.15) is 64.2 Å². The van der Waals surface area contributed by atoms with E-state index >= 15 is 0 Å². The van der Waals surface area contributed by atoms with E-state index in [1.54, 1.807) is 0 Å². The van der Waals surface area contributed by atoms with E-state index in [1.165, 1.54) is 0 Å². The van der Waals surface area contributed by atoms with Crippen LogP contribution < -0.4 is 5.64 Å². The average Bonchev–Trinajstić information content (AvgIpc) is 2.55. The van der Waals surface area contributed by atoms with Crippen LogP contribution in [-0.2, 0) is 19.3 Å². The van der Waals surface area contributed by atoms with Crippen molar-refractivity contribution in [1.29, 1.82) is 0 Å². The fraction of sp³-hybridized carbons (Fsp3) is 0.900. The van der Waals surface area contributed by atoms with Crippen molar-refractivity contribution >= 4 is 11.6 Å². The third-order valence-electron chi connectivity index (χ3n) is 8.39. The SMILES string of the molecule is O=C1C2CC3CC1CC(ONOC14CC5CC(C1)C(=O)C(C5)C4)(C3)C2. The molecule has 25 heavy (non-hydrogen) atoms. The quantitative estimate of drug-likeness (QED) is 0.794. The second-order valence-corrected chi connectivity index (χ2v) is 10.1. The maximum Gasteiger partial charge on any atom is 0.139 e. The number of nitrogens with one attached hydrogen (secondary N) is 1. The first kappa shape index (κ1) is 15.3. The molecule has 8 saturated carbocycles. The highest BCUT2D eigenvalue weighted by Crippen LogP contribution is 2.57. The number of carbonyl (C=O) groups excluding carboxylic acids is 2. The van der Waals surface area contributed by atoms with Gasteiger partial charge in [0.2, 0.25) is 0 Å². The molecule has 0 aromatic rings. The Morgan fingerprint density at radius 3 is 1.36 bits per heavy atom. The van der Waals surface area contributed by atoms with Crippen LogP contribution in [-0.4, -0.2) is 22.8 Å². The largest absolute Gasteiger partial charge is 0.299 e. The van der Waals surface area contributed by atoms with Crippen LogP contribution in [0.2, 0.25) is 0 Å². The number of ketones is 2. The van der Waals surface area contributed by atoms with Gasteiger partial charge >= 0.3 is 0 Å². The Labute approximate surface area is 148 Å². The average molecular weight is 345 g/mol. The van der Waals surface area contributed by atoms with Crippen LogP contribution in [0.15, 0.2) is 0 Å². The van der Waals surface area contributed by atoms with E-state index in [0.29, 0.717) is 23.4 Å². The molecule has 1 N–H and O–H groups in total. The van der Waals surface area contributed by atoms with Gasteiger partial charge in [-0.1, -0.05) is 5.64 Å². The molecule has 8 bridgehead atoms. The number of carbonyl (C=O) groups is 2. The van der Waals surface area contributed by atoms with Crippen LogP contribution in [0.25, 0.3) is 0 Å². The smallest absolute Gasteiger partial charge is 0.139 e. The fourth-order valence-corrected chi connectivity index (χ4v) is 7.80. The van der Waals surface area contributed by atoms with Crippen LogP contribution in [0, 0.1) is 35.5 Å². The van der Waals surface area contributed by atoms with Gasteiger partial charge in [0.15, 0.2) is 0 Å². The minimum atomic E-state index is -0.206. The summed E-state index contributed by atoms with van der Waals surface area (Å²) in [7, 11) is 0. The van der Waals surface area contributed by atoms with E-state index in [-0.39, 0.29) is 34.9 Å². The summed E-state index contributed by atoms with van der Waals surface area (Å²) >= 11 is 0. The Hall–Kier alpha value is -0.780. The summed E-state index contributed by atoms with van der Waals surface area (Å²) in [5.41, 5.74) is 2.49. The summed E-state index contributed by atoms with van der Waals surface area (Å²) in [6.45, 7) is 0. The molecule has 0 heterocycles. The van der Waals surface area contributed by atoms with Gasteiger partial charge in [-0.3, -0.25) is 19.3 Å². The lowest BCUT2D eigenvalue weighted by Crippen LogP contribution is -2.60. The van der Waals surface area contributed by atoms with E-state index < -0.39 is 0 Å². The second kappa shape index (κ2) is 4.93. The lowest BCUT2D eigenvalue weighted by atomic mass is 9.53. The van der Waals surface area contributed by atoms with E-state index in [4.69, 9.17) is 9.68 Å². The molecule has 4 unspecified atom stereocenters. The molecular weight excluding hydrogens is 318 g/mol. The lowest BCUT2D eigenvalue weighted by molar-refractivity contribution is -0.321. The third kappa shape index (κ3) is 2.18. The third-order valence-corrected chi connectivity index (χ3v) is 8.39. The van der Waals surface area contributed by atoms with E-state index in [9.17, 15) is 9.59 Å². The summed E-state index contributed by atoms with van der Waals surface area (Å²) < 4.78 is 0. The minimum Gasteiger partial charge on any atom is -0.299 e. The number of rotatable bonds is 4. The molecule has 8 aliphatic rings. The highest BCUT2D eigenvalue weighted by atomic mass is 16.9. The van der Waals surface area contributed by atoms with E-state index in [2.05, 4.69) is 5.64 Å². The summed E-state index contributed by atoms with van der Waals surface area (Å²) in [4.78, 5) is 36.9. The molecule has 5 heteroatoms. The predicted octanol–water partition coefficient (Wildman–Crippen LogP) is 2.73. The Morgan fingerprint density at radius 1 is 0.640 bits per heavy atom. The van der Waals surface area contributed by atoms with Crippen molar-refractivity contribution in [2.75, 3.05) is 0 Å². The summed E-state index contributed by atoms with van der Waals surface area (Å²) in [5, 5.41) is 0. The van der Waals surface area contributed by atoms with Crippen LogP contribution >= 0.6 is 0 Å². The molecule has 4 atom stereocenters. The Bertz CT molecular complexity index is 556. The first-order valence-electron chi connectivity index (χ1n) is 10.2. The van der Waals surface area contributed by atoms with Crippen molar-refractivity contribution in [1.82, 2.24) is 5.64 Å². The number of hydrogen-bond acceptors (Lipinski definition) is 5. The second-order valence-electron chi connectivity index (χ2n) is 10.1. The first-order chi connectivity index (χ1) is 12.0. The van der Waals surface area contributed by atoms with E-state index in [1.807, 2.05) is 0 Å². The molecule has 8 fully saturated rings. The standard InChI is InChI=1S/C20H27NO4/c22-17-13-1-11-2-14(17)8-19(5-11,7-13)24-21-25-20-6-12-3-15(9-20)18(23)16(4-12)10-20/h11-16,21H,1-10H2. The van der Waals surface area contributed by atoms with Gasteiger partial charge in [-0.15, -0.1) is 0 Å². The van der Waals surface area contributed by atoms with Gasteiger partial charge < -0.3 is 0 Å². The van der Waals surface area contributed by atoms with Crippen molar-refractivity contribution in [3.8, 4) is 0 Å². The molecule has 8 aliphatic carbocycles. The molecule has 0 amide bonds. The zero-order valence-corrected chi connectivity index (χ0v) is 14.7. The number of Topliss-reactive ketones (excluding diaryl/α,β-unsaturated/α-hetero) is 2. The van der Waals surface area contributed by atoms with Crippen molar-refractivity contribution in [2.45, 2.75) is 75.4 Å². The topological polar surface area (TPSA) is 64.6 Å². The maximum absolute atomic E-state index is 12.3. The van der Waals surface area contributed by atoms with Crippen molar-refractivity contribution in [3.63, 3.8) is 0 Å². The molecule has 0 aromatic heterocycles. The first-order valence-corrected chi connectivity index (χ1v) is 10.2. The molecule has 136 valence electrons. The Kier molecular flexibility index (Phi) is 3.02. The van der Waals surface area contributed by atoms with Gasteiger partial charge in [0, 0.05) is 23.7 Å². The summed E-state index contributed by atoms with van der Waals surface area (Å²) in [6, 6.07) is 0. The van der Waals surface area contributed by atoms with Gasteiger partial charge in [0.1, 0.15) is 11.6 Å². The fourth-order valence-electron chi connectivity index (χ4n) is 7.80. The van der Waals surface area contributed by atoms with Crippen LogP contribution in [0.5, 0.6) is 0 Å². The van der Waals surface area contributed by atoms with Gasteiger partial charge in [-0.05, 0) is 76.0 Å². The molecular formula is C20H27NO4. The van der Waals surface area contributed by atoms with Crippen molar-refractivity contribution in [3.05, 3.63) is 0 Å². The normalized spacial score (nSPS) is 55.4. The maximum atomic E-state index is 12.3. The molecule has 0 aromatic carbocycles. The minimum absolute atomic E-state index is 0.206. The predicted molar refractivity (Wildman–Crippen MR) is 87.9 cm³/mol. The zero-order chi connectivity index (χ0) is 16.8. The summed E-state index contributed by atoms with van der Waals surface area (Å²) in [6.07, 6.45) is 9.81. The molecule has 0 spiro atoms. The molecule has 0 saturated heterocycles. The number of hydrogen-bond donors (Lipinski definition) is 1. The van der Waals surface area contributed by atoms with Gasteiger partial charge in [-0.25, -0.2) is 0 Å². The van der Waals surface area contributed by atoms with E-state index in [0.717, 1.165) is 64.2 Å². The van der Waals surface area contributed by atoms with Crippen molar-refractivity contribution in [2.24, 2.45) is 35.5 Å². The van der Waals surface area contributed by atoms with Crippen LogP contribution in [0.4, 0.5) is 0 Å². The monoisotopic (exact) mass is 345 g/mol. The zero-order valence-electron chi connectivity index (χ0n) is 14.7. The molecule has 0 aliphatic heterocycles. The van der Waals surface area contributed by atoms with Crippen molar-refractivity contribution < 1.29 is 19.3 Å². The van der Waals surface area contributed by atoms with Crippen LogP contribution in [0.3, 0.4) is 0 Å². The molecule has 8 rings (SSSR count). The Balaban J connectivity index is 1.14. The Morgan fingerprint density at radius 2 is 1.00 bits per heavy atom. The van der Waals surface area contributed by atoms with Gasteiger partial charge in [-0.2, -0.15) is 0 Å².